The molecular formula is C20H21N3O. The molecule has 1 heterocycles. The summed E-state index contributed by atoms with van der Waals surface area (Å²) in [6.45, 7) is 1.64. The van der Waals surface area contributed by atoms with Crippen LogP contribution in [0.2, 0.25) is 0 Å². The van der Waals surface area contributed by atoms with Crippen LogP contribution in [-0.2, 0) is 19.5 Å². The minimum absolute atomic E-state index is 0.273. The molecule has 1 aliphatic carbocycles. The first-order chi connectivity index (χ1) is 11.7. The Morgan fingerprint density at radius 1 is 1.21 bits per heavy atom. The third-order valence-corrected chi connectivity index (χ3v) is 4.64. The van der Waals surface area contributed by atoms with Crippen LogP contribution in [0.4, 0.5) is 0 Å². The molecule has 0 spiro atoms. The van der Waals surface area contributed by atoms with Crippen LogP contribution < -0.4 is 0 Å². The predicted molar refractivity (Wildman–Crippen MR) is 96.7 cm³/mol. The molecule has 24 heavy (non-hydrogen) atoms. The monoisotopic (exact) mass is 319 g/mol. The summed E-state index contributed by atoms with van der Waals surface area (Å²) in [7, 11) is 2.11. The third-order valence-electron chi connectivity index (χ3n) is 4.64. The van der Waals surface area contributed by atoms with E-state index in [1.165, 1.54) is 16.7 Å². The Morgan fingerprint density at radius 3 is 3.04 bits per heavy atom. The lowest BCUT2D eigenvalue weighted by molar-refractivity contribution is 0.315. The van der Waals surface area contributed by atoms with E-state index in [0.29, 0.717) is 0 Å². The Bertz CT molecular complexity index is 910. The molecular weight excluding hydrogens is 298 g/mol. The van der Waals surface area contributed by atoms with Crippen LogP contribution >= 0.6 is 0 Å². The number of rotatable bonds is 4. The number of aromatic hydroxyl groups is 1. The lowest BCUT2D eigenvalue weighted by Gasteiger charge is -2.20. The number of hydrogen-bond acceptors (Lipinski definition) is 3. The van der Waals surface area contributed by atoms with E-state index < -0.39 is 0 Å². The van der Waals surface area contributed by atoms with Gasteiger partial charge in [-0.1, -0.05) is 30.4 Å². The zero-order valence-electron chi connectivity index (χ0n) is 13.8. The van der Waals surface area contributed by atoms with Crippen LogP contribution in [0, 0.1) is 0 Å². The van der Waals surface area contributed by atoms with Crippen molar-refractivity contribution in [2.24, 2.45) is 0 Å². The van der Waals surface area contributed by atoms with Crippen molar-refractivity contribution in [1.29, 1.82) is 0 Å². The summed E-state index contributed by atoms with van der Waals surface area (Å²) in [5.41, 5.74) is 6.10. The van der Waals surface area contributed by atoms with E-state index in [-0.39, 0.29) is 5.75 Å². The third kappa shape index (κ3) is 2.81. The number of hydrogen-bond donors (Lipinski definition) is 2. The van der Waals surface area contributed by atoms with Crippen LogP contribution in [0.25, 0.3) is 17.0 Å². The van der Waals surface area contributed by atoms with Gasteiger partial charge < -0.3 is 5.11 Å². The molecule has 3 aromatic rings. The molecule has 122 valence electrons. The molecule has 1 aliphatic rings. The number of aryl methyl sites for hydroxylation is 1. The highest BCUT2D eigenvalue weighted by Gasteiger charge is 2.13. The number of nitrogens with one attached hydrogen (secondary N) is 1. The average Bonchev–Trinajstić information content (AvgIpc) is 2.97. The van der Waals surface area contributed by atoms with Crippen molar-refractivity contribution in [2.45, 2.75) is 25.9 Å². The number of allylic oxidation sites excluding steroid dienone is 1. The van der Waals surface area contributed by atoms with Gasteiger partial charge in [0, 0.05) is 18.5 Å². The van der Waals surface area contributed by atoms with Crippen LogP contribution in [0.3, 0.4) is 0 Å². The van der Waals surface area contributed by atoms with Crippen LogP contribution in [0.5, 0.6) is 5.75 Å². The molecule has 4 nitrogen and oxygen atoms in total. The summed E-state index contributed by atoms with van der Waals surface area (Å²) >= 11 is 0. The quantitative estimate of drug-likeness (QED) is 0.768. The highest BCUT2D eigenvalue weighted by atomic mass is 16.3. The van der Waals surface area contributed by atoms with E-state index in [2.05, 4.69) is 52.5 Å². The number of phenols is 1. The molecule has 2 N–H and O–H groups in total. The second-order valence-corrected chi connectivity index (χ2v) is 6.51. The number of phenolic OH excluding ortho intramolecular Hbond substituents is 1. The van der Waals surface area contributed by atoms with Crippen LogP contribution in [0.1, 0.15) is 28.8 Å². The van der Waals surface area contributed by atoms with Gasteiger partial charge in [0.15, 0.2) is 0 Å². The summed E-state index contributed by atoms with van der Waals surface area (Å²) in [5.74, 6) is 0.273. The summed E-state index contributed by atoms with van der Waals surface area (Å²) < 4.78 is 0. The molecule has 0 unspecified atom stereocenters. The normalized spacial score (nSPS) is 13.6. The standard InChI is InChI=1S/C20H21N3O/c1-23(12-15-7-4-6-14-5-2-3-8-17(14)15)13-20-18-11-16(24)9-10-19(18)21-22-20/h3-4,6-11,24H,2,5,12-13H2,1H3,(H,21,22). The molecule has 4 heteroatoms. The zero-order chi connectivity index (χ0) is 16.5. The van der Waals surface area contributed by atoms with E-state index in [1.807, 2.05) is 6.07 Å². The lowest BCUT2D eigenvalue weighted by Crippen LogP contribution is -2.18. The number of H-pyrrole nitrogens is 1. The van der Waals surface area contributed by atoms with Crippen molar-refractivity contribution >= 4 is 17.0 Å². The number of aromatic nitrogens is 2. The fraction of sp³-hybridized carbons (Fsp3) is 0.250. The van der Waals surface area contributed by atoms with Crippen molar-refractivity contribution in [3.05, 3.63) is 64.9 Å². The molecule has 4 rings (SSSR count). The van der Waals surface area contributed by atoms with Gasteiger partial charge in [-0.15, -0.1) is 0 Å². The van der Waals surface area contributed by atoms with Crippen molar-refractivity contribution in [3.63, 3.8) is 0 Å². The smallest absolute Gasteiger partial charge is 0.116 e. The van der Waals surface area contributed by atoms with Gasteiger partial charge in [-0.3, -0.25) is 10.00 Å². The maximum absolute atomic E-state index is 9.71. The van der Waals surface area contributed by atoms with Gasteiger partial charge in [0.1, 0.15) is 5.75 Å². The van der Waals surface area contributed by atoms with Gasteiger partial charge in [-0.05, 0) is 54.8 Å². The van der Waals surface area contributed by atoms with E-state index in [4.69, 9.17) is 0 Å². The molecule has 0 radical (unpaired) electrons. The molecule has 0 amide bonds. The van der Waals surface area contributed by atoms with Gasteiger partial charge >= 0.3 is 0 Å². The predicted octanol–water partition coefficient (Wildman–Crippen LogP) is 3.86. The van der Waals surface area contributed by atoms with E-state index in [0.717, 1.165) is 42.5 Å². The van der Waals surface area contributed by atoms with E-state index >= 15 is 0 Å². The van der Waals surface area contributed by atoms with E-state index in [1.54, 1.807) is 12.1 Å². The highest BCUT2D eigenvalue weighted by molar-refractivity contribution is 5.82. The summed E-state index contributed by atoms with van der Waals surface area (Å²) in [6.07, 6.45) is 6.78. The van der Waals surface area contributed by atoms with Crippen molar-refractivity contribution in [1.82, 2.24) is 15.1 Å². The Labute approximate surface area is 141 Å². The molecule has 1 aromatic heterocycles. The van der Waals surface area contributed by atoms with Crippen molar-refractivity contribution in [2.75, 3.05) is 7.05 Å². The molecule has 0 bridgehead atoms. The Morgan fingerprint density at radius 2 is 2.12 bits per heavy atom. The highest BCUT2D eigenvalue weighted by Crippen LogP contribution is 2.25. The molecule has 0 atom stereocenters. The molecule has 0 saturated carbocycles. The lowest BCUT2D eigenvalue weighted by atomic mass is 9.93. The second kappa shape index (κ2) is 6.13. The van der Waals surface area contributed by atoms with Gasteiger partial charge in [0.25, 0.3) is 0 Å². The molecule has 2 aromatic carbocycles. The largest absolute Gasteiger partial charge is 0.508 e. The fourth-order valence-electron chi connectivity index (χ4n) is 3.46. The second-order valence-electron chi connectivity index (χ2n) is 6.51. The molecule has 0 fully saturated rings. The Hall–Kier alpha value is -2.59. The summed E-state index contributed by atoms with van der Waals surface area (Å²) in [5, 5.41) is 18.1. The summed E-state index contributed by atoms with van der Waals surface area (Å²) in [6, 6.07) is 11.9. The first-order valence-corrected chi connectivity index (χ1v) is 8.32. The maximum atomic E-state index is 9.71. The Kier molecular flexibility index (Phi) is 3.82. The van der Waals surface area contributed by atoms with Crippen LogP contribution in [-0.4, -0.2) is 27.3 Å². The van der Waals surface area contributed by atoms with Gasteiger partial charge in [-0.25, -0.2) is 0 Å². The Balaban J connectivity index is 1.56. The average molecular weight is 319 g/mol. The number of benzene rings is 2. The summed E-state index contributed by atoms with van der Waals surface area (Å²) in [4.78, 5) is 2.27. The molecule has 0 saturated heterocycles. The van der Waals surface area contributed by atoms with E-state index in [9.17, 15) is 5.11 Å². The van der Waals surface area contributed by atoms with Crippen molar-refractivity contribution < 1.29 is 5.11 Å². The number of aromatic amines is 1. The first-order valence-electron chi connectivity index (χ1n) is 8.32. The van der Waals surface area contributed by atoms with Crippen LogP contribution in [0.15, 0.2) is 42.5 Å². The van der Waals surface area contributed by atoms with Gasteiger partial charge in [0.2, 0.25) is 0 Å². The minimum Gasteiger partial charge on any atom is -0.508 e. The fourth-order valence-corrected chi connectivity index (χ4v) is 3.46. The topological polar surface area (TPSA) is 52.2 Å². The number of fused-ring (bicyclic) bond motifs is 2. The SMILES string of the molecule is CN(Cc1cccc2c1C=CCC2)Cc1[nH]nc2ccc(O)cc12. The first kappa shape index (κ1) is 15.0. The molecule has 0 aliphatic heterocycles. The minimum atomic E-state index is 0.273. The maximum Gasteiger partial charge on any atom is 0.116 e. The van der Waals surface area contributed by atoms with Crippen molar-refractivity contribution in [3.8, 4) is 5.75 Å². The van der Waals surface area contributed by atoms with Gasteiger partial charge in [0.05, 0.1) is 11.2 Å². The number of nitrogens with zero attached hydrogens (tertiary/aromatic N) is 2. The van der Waals surface area contributed by atoms with Gasteiger partial charge in [-0.2, -0.15) is 5.10 Å². The zero-order valence-corrected chi connectivity index (χ0v) is 13.8.